The molecule has 4 aromatic rings. The van der Waals surface area contributed by atoms with Crippen molar-refractivity contribution in [3.63, 3.8) is 0 Å². The molecule has 10 heteroatoms. The number of hydrogen-bond donors (Lipinski definition) is 2. The maximum atomic E-state index is 14.6. The summed E-state index contributed by atoms with van der Waals surface area (Å²) in [6.45, 7) is 6.22. The molecule has 178 valence electrons. The van der Waals surface area contributed by atoms with E-state index in [0.29, 0.717) is 40.8 Å². The average molecular weight is 466 g/mol. The third-order valence-electron chi connectivity index (χ3n) is 6.38. The highest BCUT2D eigenvalue weighted by atomic mass is 19.1. The molecule has 34 heavy (non-hydrogen) atoms. The topological polar surface area (TPSA) is 88.7 Å². The summed E-state index contributed by atoms with van der Waals surface area (Å²) in [6.07, 6.45) is 6.35. The van der Waals surface area contributed by atoms with Crippen molar-refractivity contribution in [2.75, 3.05) is 37.5 Å². The molecule has 3 aromatic heterocycles. The molecule has 1 atom stereocenters. The van der Waals surface area contributed by atoms with Crippen LogP contribution in [0.25, 0.3) is 16.6 Å². The number of fused-ring (bicyclic) bond motifs is 2. The van der Waals surface area contributed by atoms with Gasteiger partial charge in [-0.25, -0.2) is 9.37 Å². The van der Waals surface area contributed by atoms with Crippen LogP contribution in [0.2, 0.25) is 0 Å². The molecule has 0 unspecified atom stereocenters. The fraction of sp³-hybridized carbons (Fsp3) is 0.375. The smallest absolute Gasteiger partial charge is 0.261 e. The molecule has 5 rings (SSSR count). The summed E-state index contributed by atoms with van der Waals surface area (Å²) in [6, 6.07) is 3.58. The lowest BCUT2D eigenvalue weighted by Gasteiger charge is -2.21. The van der Waals surface area contributed by atoms with Crippen molar-refractivity contribution >= 4 is 33.8 Å². The van der Waals surface area contributed by atoms with E-state index in [0.717, 1.165) is 30.6 Å². The molecule has 0 aliphatic carbocycles. The first-order valence-electron chi connectivity index (χ1n) is 11.4. The average Bonchev–Trinajstić information content (AvgIpc) is 3.55. The van der Waals surface area contributed by atoms with Gasteiger partial charge in [-0.15, -0.1) is 0 Å². The highest BCUT2D eigenvalue weighted by Gasteiger charge is 2.28. The molecule has 1 aliphatic rings. The normalized spacial score (nSPS) is 16.0. The number of aromatic nitrogens is 4. The van der Waals surface area contributed by atoms with Crippen LogP contribution in [0, 0.1) is 12.7 Å². The summed E-state index contributed by atoms with van der Waals surface area (Å²) < 4.78 is 23.6. The molecule has 1 amide bonds. The molecular weight excluding hydrogens is 437 g/mol. The van der Waals surface area contributed by atoms with Gasteiger partial charge < -0.3 is 24.7 Å². The number of carbonyl (C=O) groups is 1. The van der Waals surface area contributed by atoms with E-state index in [2.05, 4.69) is 25.6 Å². The van der Waals surface area contributed by atoms with E-state index in [9.17, 15) is 9.18 Å². The summed E-state index contributed by atoms with van der Waals surface area (Å²) in [5.74, 6) is -0.504. The van der Waals surface area contributed by atoms with Gasteiger partial charge >= 0.3 is 0 Å². The number of amides is 1. The van der Waals surface area contributed by atoms with E-state index >= 15 is 0 Å². The Morgan fingerprint density at radius 1 is 1.29 bits per heavy atom. The Bertz CT molecular complexity index is 1390. The Morgan fingerprint density at radius 3 is 2.82 bits per heavy atom. The summed E-state index contributed by atoms with van der Waals surface area (Å²) in [7, 11) is 3.51. The third-order valence-corrected chi connectivity index (χ3v) is 6.38. The number of imidazole rings is 1. The fourth-order valence-corrected chi connectivity index (χ4v) is 4.64. The van der Waals surface area contributed by atoms with Crippen molar-refractivity contribution in [1.29, 1.82) is 0 Å². The quantitative estimate of drug-likeness (QED) is 0.455. The van der Waals surface area contributed by atoms with Gasteiger partial charge in [-0.3, -0.25) is 9.48 Å². The van der Waals surface area contributed by atoms with Crippen molar-refractivity contribution in [3.8, 4) is 5.75 Å². The number of methoxy groups -OCH3 is 1. The molecule has 2 N–H and O–H groups in total. The first-order chi connectivity index (χ1) is 16.4. The van der Waals surface area contributed by atoms with Crippen LogP contribution in [-0.2, 0) is 6.54 Å². The van der Waals surface area contributed by atoms with Gasteiger partial charge in [-0.1, -0.05) is 0 Å². The van der Waals surface area contributed by atoms with Gasteiger partial charge in [0.1, 0.15) is 16.8 Å². The Labute approximate surface area is 196 Å². The molecule has 4 heterocycles. The number of ether oxygens (including phenoxy) is 1. The van der Waals surface area contributed by atoms with Crippen LogP contribution in [0.1, 0.15) is 29.4 Å². The van der Waals surface area contributed by atoms with Gasteiger partial charge in [-0.05, 0) is 27.3 Å². The van der Waals surface area contributed by atoms with Crippen molar-refractivity contribution in [2.24, 2.45) is 0 Å². The monoisotopic (exact) mass is 465 g/mol. The summed E-state index contributed by atoms with van der Waals surface area (Å²) in [4.78, 5) is 19.9. The summed E-state index contributed by atoms with van der Waals surface area (Å²) >= 11 is 0. The number of nitrogens with one attached hydrogen (secondary N) is 2. The second kappa shape index (κ2) is 8.60. The van der Waals surface area contributed by atoms with Gasteiger partial charge in [0.2, 0.25) is 0 Å². The number of aryl methyl sites for hydroxylation is 2. The molecule has 0 spiro atoms. The van der Waals surface area contributed by atoms with Crippen molar-refractivity contribution < 1.29 is 13.9 Å². The number of halogens is 1. The minimum atomic E-state index is -0.512. The van der Waals surface area contributed by atoms with E-state index in [1.165, 1.54) is 6.07 Å². The second-order valence-electron chi connectivity index (χ2n) is 8.58. The van der Waals surface area contributed by atoms with Crippen LogP contribution in [-0.4, -0.2) is 58.4 Å². The van der Waals surface area contributed by atoms with Gasteiger partial charge in [0.25, 0.3) is 5.91 Å². The molecule has 0 bridgehead atoms. The molecule has 0 saturated carbocycles. The van der Waals surface area contributed by atoms with E-state index < -0.39 is 11.7 Å². The number of rotatable bonds is 6. The number of nitrogens with zero attached hydrogens (tertiary/aromatic N) is 5. The van der Waals surface area contributed by atoms with Crippen LogP contribution in [0.3, 0.4) is 0 Å². The predicted octanol–water partition coefficient (Wildman–Crippen LogP) is 3.21. The SMILES string of the molecule is CCn1cc2c(N3CC[C@@H](NC)C3)cc(OC)c(C(=O)Nc3cc(F)c4nc(C)cn4c3)c2n1. The first kappa shape index (κ1) is 22.1. The number of anilines is 2. The van der Waals surface area contributed by atoms with Gasteiger partial charge in [0.05, 0.1) is 24.2 Å². The van der Waals surface area contributed by atoms with Gasteiger partial charge in [0.15, 0.2) is 11.5 Å². The van der Waals surface area contributed by atoms with Crippen molar-refractivity contribution in [3.05, 3.63) is 47.8 Å². The van der Waals surface area contributed by atoms with Crippen LogP contribution in [0.4, 0.5) is 15.8 Å². The van der Waals surface area contributed by atoms with Gasteiger partial charge in [-0.2, -0.15) is 5.10 Å². The number of hydrogen-bond acceptors (Lipinski definition) is 6. The highest BCUT2D eigenvalue weighted by Crippen LogP contribution is 2.37. The zero-order valence-electron chi connectivity index (χ0n) is 19.7. The molecule has 0 radical (unpaired) electrons. The minimum absolute atomic E-state index is 0.215. The largest absolute Gasteiger partial charge is 0.496 e. The van der Waals surface area contributed by atoms with Crippen LogP contribution in [0.15, 0.2) is 30.7 Å². The molecule has 1 aromatic carbocycles. The standard InChI is InChI=1S/C24H28FN7O2/c1-5-32-13-17-19(30-7-6-15(11-30)26-3)9-20(34-4)21(22(17)29-32)24(33)28-16-8-18(25)23-27-14(2)10-31(23)12-16/h8-10,12-13,15,26H,5-7,11H2,1-4H3,(H,28,33)/t15-/m1/s1. The molecule has 9 nitrogen and oxygen atoms in total. The highest BCUT2D eigenvalue weighted by molar-refractivity contribution is 6.16. The number of carbonyl (C=O) groups excluding carboxylic acids is 1. The van der Waals surface area contributed by atoms with Crippen LogP contribution >= 0.6 is 0 Å². The predicted molar refractivity (Wildman–Crippen MR) is 129 cm³/mol. The number of benzene rings is 1. The van der Waals surface area contributed by atoms with E-state index in [-0.39, 0.29) is 5.65 Å². The van der Waals surface area contributed by atoms with E-state index in [1.54, 1.807) is 30.8 Å². The lowest BCUT2D eigenvalue weighted by molar-refractivity contribution is 0.102. The van der Waals surface area contributed by atoms with E-state index in [1.807, 2.05) is 30.9 Å². The van der Waals surface area contributed by atoms with Crippen molar-refractivity contribution in [1.82, 2.24) is 24.5 Å². The molecule has 1 saturated heterocycles. The summed E-state index contributed by atoms with van der Waals surface area (Å²) in [5.41, 5.74) is 3.09. The maximum absolute atomic E-state index is 14.6. The van der Waals surface area contributed by atoms with E-state index in [4.69, 9.17) is 4.74 Å². The lowest BCUT2D eigenvalue weighted by Crippen LogP contribution is -2.29. The Balaban J connectivity index is 1.58. The lowest BCUT2D eigenvalue weighted by atomic mass is 10.1. The van der Waals surface area contributed by atoms with Crippen LogP contribution in [0.5, 0.6) is 5.75 Å². The summed E-state index contributed by atoms with van der Waals surface area (Å²) in [5, 5.41) is 11.7. The minimum Gasteiger partial charge on any atom is -0.496 e. The Morgan fingerprint density at radius 2 is 2.12 bits per heavy atom. The number of likely N-dealkylation sites (N-methyl/N-ethyl adjacent to an activating group) is 1. The fourth-order valence-electron chi connectivity index (χ4n) is 4.64. The van der Waals surface area contributed by atoms with Crippen LogP contribution < -0.4 is 20.3 Å². The zero-order chi connectivity index (χ0) is 24.0. The van der Waals surface area contributed by atoms with Crippen molar-refractivity contribution in [2.45, 2.75) is 32.9 Å². The molecular formula is C24H28FN7O2. The Hall–Kier alpha value is -3.66. The maximum Gasteiger partial charge on any atom is 0.261 e. The third kappa shape index (κ3) is 3.73. The second-order valence-corrected chi connectivity index (χ2v) is 8.58. The molecule has 1 aliphatic heterocycles. The Kier molecular flexibility index (Phi) is 5.60. The number of pyridine rings is 1. The zero-order valence-corrected chi connectivity index (χ0v) is 19.7. The molecule has 1 fully saturated rings. The first-order valence-corrected chi connectivity index (χ1v) is 11.4. The van der Waals surface area contributed by atoms with Gasteiger partial charge in [0, 0.05) is 61.8 Å².